The van der Waals surface area contributed by atoms with E-state index in [1.807, 2.05) is 30.3 Å². The molecular weight excluding hydrogens is 292 g/mol. The Morgan fingerprint density at radius 3 is 2.68 bits per heavy atom. The van der Waals surface area contributed by atoms with E-state index in [2.05, 4.69) is 0 Å². The van der Waals surface area contributed by atoms with Gasteiger partial charge in [0.15, 0.2) is 0 Å². The average molecular weight is 307 g/mol. The Kier molecular flexibility index (Phi) is 4.47. The van der Waals surface area contributed by atoms with Gasteiger partial charge in [0.05, 0.1) is 25.3 Å². The fourth-order valence-corrected chi connectivity index (χ4v) is 2.53. The van der Waals surface area contributed by atoms with Crippen LogP contribution in [0, 0.1) is 0 Å². The Morgan fingerprint density at radius 2 is 2.11 bits per heavy atom. The summed E-state index contributed by atoms with van der Waals surface area (Å²) in [5.41, 5.74) is 0.798. The Labute approximate surface area is 117 Å². The molecule has 0 N–H and O–H groups in total. The first-order valence-electron chi connectivity index (χ1n) is 5.73. The lowest BCUT2D eigenvalue weighted by atomic mass is 10.1. The van der Waals surface area contributed by atoms with Crippen LogP contribution < -0.4 is 0 Å². The van der Waals surface area contributed by atoms with E-state index in [9.17, 15) is 8.42 Å². The van der Waals surface area contributed by atoms with E-state index < -0.39 is 22.0 Å². The first-order chi connectivity index (χ1) is 8.95. The lowest BCUT2D eigenvalue weighted by molar-refractivity contribution is -0.161. The number of ether oxygens (including phenoxy) is 2. The van der Waals surface area contributed by atoms with Gasteiger partial charge in [0, 0.05) is 5.56 Å². The van der Waals surface area contributed by atoms with Crippen LogP contribution in [0.5, 0.6) is 0 Å². The van der Waals surface area contributed by atoms with Gasteiger partial charge in [-0.2, -0.15) is 8.42 Å². The Hall–Kier alpha value is -0.660. The number of rotatable bonds is 5. The topological polar surface area (TPSA) is 61.8 Å². The summed E-state index contributed by atoms with van der Waals surface area (Å²) >= 11 is 5.95. The van der Waals surface area contributed by atoms with Crippen LogP contribution in [0.1, 0.15) is 5.56 Å². The molecule has 0 saturated carbocycles. The van der Waals surface area contributed by atoms with E-state index in [0.29, 0.717) is 0 Å². The molecule has 1 aromatic carbocycles. The van der Waals surface area contributed by atoms with E-state index in [0.717, 1.165) is 11.8 Å². The normalized spacial score (nSPS) is 27.6. The summed E-state index contributed by atoms with van der Waals surface area (Å²) in [6.07, 6.45) is 0.531. The van der Waals surface area contributed by atoms with Gasteiger partial charge in [0.2, 0.25) is 5.79 Å². The standard InChI is InChI=1S/C12H15ClO5S/c1-19(14,15)17-8-11-7-16-12(9-13,18-11)10-5-3-2-4-6-10/h2-6,11H,7-9H2,1H3/t11-,12+/m0/s1. The number of halogens is 1. The molecule has 0 radical (unpaired) electrons. The van der Waals surface area contributed by atoms with Gasteiger partial charge in [-0.25, -0.2) is 0 Å². The molecule has 19 heavy (non-hydrogen) atoms. The van der Waals surface area contributed by atoms with Crippen molar-refractivity contribution >= 4 is 21.7 Å². The molecule has 106 valence electrons. The highest BCUT2D eigenvalue weighted by Gasteiger charge is 2.42. The molecule has 0 aliphatic carbocycles. The Morgan fingerprint density at radius 1 is 1.42 bits per heavy atom. The number of hydrogen-bond donors (Lipinski definition) is 0. The molecule has 2 rings (SSSR count). The van der Waals surface area contributed by atoms with Crippen LogP contribution in [0.25, 0.3) is 0 Å². The third-order valence-electron chi connectivity index (χ3n) is 2.72. The first-order valence-corrected chi connectivity index (χ1v) is 8.08. The van der Waals surface area contributed by atoms with Crippen LogP contribution in [0.2, 0.25) is 0 Å². The van der Waals surface area contributed by atoms with Crippen LogP contribution in [-0.4, -0.2) is 39.9 Å². The summed E-state index contributed by atoms with van der Waals surface area (Å²) in [7, 11) is -3.49. The van der Waals surface area contributed by atoms with Crippen molar-refractivity contribution in [2.45, 2.75) is 11.9 Å². The highest BCUT2D eigenvalue weighted by atomic mass is 35.5. The second-order valence-electron chi connectivity index (χ2n) is 4.29. The van der Waals surface area contributed by atoms with Gasteiger partial charge < -0.3 is 9.47 Å². The Bertz CT molecular complexity index is 518. The third-order valence-corrected chi connectivity index (χ3v) is 3.63. The van der Waals surface area contributed by atoms with Gasteiger partial charge >= 0.3 is 0 Å². The van der Waals surface area contributed by atoms with Gasteiger partial charge in [-0.15, -0.1) is 11.6 Å². The average Bonchev–Trinajstić information content (AvgIpc) is 2.82. The fraction of sp³-hybridized carbons (Fsp3) is 0.500. The molecule has 1 fully saturated rings. The second kappa shape index (κ2) is 5.76. The van der Waals surface area contributed by atoms with Gasteiger partial charge in [0.25, 0.3) is 10.1 Å². The van der Waals surface area contributed by atoms with Gasteiger partial charge in [-0.05, 0) is 0 Å². The third kappa shape index (κ3) is 3.67. The molecule has 0 spiro atoms. The summed E-state index contributed by atoms with van der Waals surface area (Å²) < 4.78 is 38.0. The minimum absolute atomic E-state index is 0.0791. The van der Waals surface area contributed by atoms with E-state index in [1.54, 1.807) is 0 Å². The minimum atomic E-state index is -3.49. The zero-order valence-corrected chi connectivity index (χ0v) is 12.0. The zero-order chi connectivity index (χ0) is 13.9. The summed E-state index contributed by atoms with van der Waals surface area (Å²) in [6.45, 7) is 0.154. The van der Waals surface area contributed by atoms with Crippen molar-refractivity contribution in [3.8, 4) is 0 Å². The lowest BCUT2D eigenvalue weighted by Crippen LogP contribution is -2.31. The molecule has 1 saturated heterocycles. The molecule has 1 heterocycles. The van der Waals surface area contributed by atoms with E-state index in [-0.39, 0.29) is 19.1 Å². The SMILES string of the molecule is CS(=O)(=O)OC[C@@H]1CO[C@@](CCl)(c2ccccc2)O1. The number of hydrogen-bond acceptors (Lipinski definition) is 5. The lowest BCUT2D eigenvalue weighted by Gasteiger charge is -2.26. The molecular formula is C12H15ClO5S. The molecule has 0 unspecified atom stereocenters. The predicted octanol–water partition coefficient (Wildman–Crippen LogP) is 1.47. The van der Waals surface area contributed by atoms with Crippen molar-refractivity contribution in [3.05, 3.63) is 35.9 Å². The maximum atomic E-state index is 10.9. The molecule has 1 aliphatic heterocycles. The van der Waals surface area contributed by atoms with Crippen LogP contribution in [-0.2, 0) is 29.6 Å². The highest BCUT2D eigenvalue weighted by Crippen LogP contribution is 2.35. The van der Waals surface area contributed by atoms with Crippen LogP contribution in [0.15, 0.2) is 30.3 Å². The molecule has 5 nitrogen and oxygen atoms in total. The number of benzene rings is 1. The van der Waals surface area contributed by atoms with Crippen molar-refractivity contribution in [3.63, 3.8) is 0 Å². The molecule has 7 heteroatoms. The summed E-state index contributed by atoms with van der Waals surface area (Å²) in [4.78, 5) is 0. The van der Waals surface area contributed by atoms with Gasteiger partial charge in [0.1, 0.15) is 6.10 Å². The second-order valence-corrected chi connectivity index (χ2v) is 6.20. The van der Waals surface area contributed by atoms with E-state index in [4.69, 9.17) is 25.3 Å². The molecule has 1 aromatic rings. The maximum Gasteiger partial charge on any atom is 0.264 e. The maximum absolute atomic E-state index is 10.9. The van der Waals surface area contributed by atoms with E-state index in [1.165, 1.54) is 0 Å². The van der Waals surface area contributed by atoms with Crippen molar-refractivity contribution in [1.82, 2.24) is 0 Å². The van der Waals surface area contributed by atoms with Crippen molar-refractivity contribution in [2.24, 2.45) is 0 Å². The fourth-order valence-electron chi connectivity index (χ4n) is 1.84. The first kappa shape index (κ1) is 14.7. The molecule has 2 atom stereocenters. The smallest absolute Gasteiger partial charge is 0.264 e. The highest BCUT2D eigenvalue weighted by molar-refractivity contribution is 7.85. The largest absolute Gasteiger partial charge is 0.342 e. The molecule has 0 bridgehead atoms. The predicted molar refractivity (Wildman–Crippen MR) is 70.5 cm³/mol. The quantitative estimate of drug-likeness (QED) is 0.609. The summed E-state index contributed by atoms with van der Waals surface area (Å²) in [6, 6.07) is 9.29. The zero-order valence-electron chi connectivity index (χ0n) is 10.4. The molecule has 1 aliphatic rings. The summed E-state index contributed by atoms with van der Waals surface area (Å²) in [5.74, 6) is -0.916. The molecule has 0 aromatic heterocycles. The van der Waals surface area contributed by atoms with Crippen LogP contribution >= 0.6 is 11.6 Å². The van der Waals surface area contributed by atoms with Crippen LogP contribution in [0.3, 0.4) is 0 Å². The summed E-state index contributed by atoms with van der Waals surface area (Å²) in [5, 5.41) is 0. The Balaban J connectivity index is 2.06. The minimum Gasteiger partial charge on any atom is -0.342 e. The van der Waals surface area contributed by atoms with Gasteiger partial charge in [-0.1, -0.05) is 30.3 Å². The van der Waals surface area contributed by atoms with Crippen molar-refractivity contribution in [1.29, 1.82) is 0 Å². The van der Waals surface area contributed by atoms with Crippen molar-refractivity contribution in [2.75, 3.05) is 25.3 Å². The monoisotopic (exact) mass is 306 g/mol. The van der Waals surface area contributed by atoms with Crippen molar-refractivity contribution < 1.29 is 22.1 Å². The van der Waals surface area contributed by atoms with E-state index >= 15 is 0 Å². The van der Waals surface area contributed by atoms with Gasteiger partial charge in [-0.3, -0.25) is 4.18 Å². The van der Waals surface area contributed by atoms with Crippen LogP contribution in [0.4, 0.5) is 0 Å². The number of alkyl halides is 1. The molecule has 0 amide bonds.